The van der Waals surface area contributed by atoms with Gasteiger partial charge in [-0.25, -0.2) is 8.42 Å². The fourth-order valence-corrected chi connectivity index (χ4v) is 4.08. The first-order valence-corrected chi connectivity index (χ1v) is 11.5. The van der Waals surface area contributed by atoms with Crippen LogP contribution in [0.2, 0.25) is 0 Å². The lowest BCUT2D eigenvalue weighted by Gasteiger charge is -2.14. The van der Waals surface area contributed by atoms with E-state index in [1.807, 2.05) is 25.1 Å². The van der Waals surface area contributed by atoms with Gasteiger partial charge in [0.1, 0.15) is 5.75 Å². The highest BCUT2D eigenvalue weighted by molar-refractivity contribution is 7.90. The van der Waals surface area contributed by atoms with E-state index in [4.69, 9.17) is 4.74 Å². The summed E-state index contributed by atoms with van der Waals surface area (Å²) in [6.45, 7) is 7.83. The molecule has 0 fully saturated rings. The van der Waals surface area contributed by atoms with E-state index in [1.54, 1.807) is 13.1 Å². The van der Waals surface area contributed by atoms with Crippen molar-refractivity contribution in [2.24, 2.45) is 4.99 Å². The van der Waals surface area contributed by atoms with Gasteiger partial charge in [-0.05, 0) is 55.5 Å². The molecule has 2 rings (SSSR count). The van der Waals surface area contributed by atoms with Gasteiger partial charge in [-0.15, -0.1) is 0 Å². The smallest absolute Gasteiger partial charge is 0.191 e. The first-order valence-electron chi connectivity index (χ1n) is 9.65. The Morgan fingerprint density at radius 2 is 1.72 bits per heavy atom. The van der Waals surface area contributed by atoms with Crippen molar-refractivity contribution < 1.29 is 13.2 Å². The number of sulfone groups is 1. The molecule has 2 aromatic carbocycles. The van der Waals surface area contributed by atoms with E-state index in [-0.39, 0.29) is 0 Å². The second-order valence-corrected chi connectivity index (χ2v) is 9.13. The molecule has 2 aromatic rings. The lowest BCUT2D eigenvalue weighted by atomic mass is 10.1. The molecule has 0 bridgehead atoms. The SMILES string of the molecule is CN=C(NCCCOc1c(C)cccc1C)NCc1ccc(S(C)(=O)=O)c(C)c1. The third-order valence-corrected chi connectivity index (χ3v) is 5.85. The lowest BCUT2D eigenvalue weighted by Crippen LogP contribution is -2.37. The van der Waals surface area contributed by atoms with Gasteiger partial charge in [-0.3, -0.25) is 4.99 Å². The number of benzene rings is 2. The zero-order valence-corrected chi connectivity index (χ0v) is 18.7. The molecule has 0 aliphatic carbocycles. The van der Waals surface area contributed by atoms with Crippen molar-refractivity contribution in [3.05, 3.63) is 58.7 Å². The number of ether oxygens (including phenoxy) is 1. The number of nitrogens with one attached hydrogen (secondary N) is 2. The number of rotatable bonds is 8. The molecule has 0 saturated carbocycles. The third-order valence-electron chi connectivity index (χ3n) is 4.59. The standard InChI is InChI=1S/C22H31N3O3S/c1-16-8-6-9-17(2)21(16)28-13-7-12-24-22(23-4)25-15-19-10-11-20(18(3)14-19)29(5,26)27/h6,8-11,14H,7,12-13,15H2,1-5H3,(H2,23,24,25). The van der Waals surface area contributed by atoms with Gasteiger partial charge in [0, 0.05) is 26.4 Å². The quantitative estimate of drug-likeness (QED) is 0.392. The second-order valence-electron chi connectivity index (χ2n) is 7.15. The number of aryl methyl sites for hydroxylation is 3. The van der Waals surface area contributed by atoms with E-state index < -0.39 is 9.84 Å². The first-order chi connectivity index (χ1) is 13.7. The average molecular weight is 418 g/mol. The van der Waals surface area contributed by atoms with Crippen molar-refractivity contribution in [1.82, 2.24) is 10.6 Å². The van der Waals surface area contributed by atoms with Crippen LogP contribution in [0.15, 0.2) is 46.3 Å². The molecule has 158 valence electrons. The number of para-hydroxylation sites is 1. The number of nitrogens with zero attached hydrogens (tertiary/aromatic N) is 1. The maximum Gasteiger partial charge on any atom is 0.191 e. The molecule has 0 unspecified atom stereocenters. The van der Waals surface area contributed by atoms with Crippen molar-refractivity contribution in [1.29, 1.82) is 0 Å². The van der Waals surface area contributed by atoms with Gasteiger partial charge in [0.2, 0.25) is 0 Å². The predicted octanol–water partition coefficient (Wildman–Crippen LogP) is 3.15. The van der Waals surface area contributed by atoms with Gasteiger partial charge in [-0.1, -0.05) is 30.3 Å². The molecule has 0 spiro atoms. The molecule has 0 aromatic heterocycles. The summed E-state index contributed by atoms with van der Waals surface area (Å²) < 4.78 is 29.4. The van der Waals surface area contributed by atoms with E-state index in [0.717, 1.165) is 41.0 Å². The van der Waals surface area contributed by atoms with Crippen LogP contribution in [0.3, 0.4) is 0 Å². The van der Waals surface area contributed by atoms with Gasteiger partial charge < -0.3 is 15.4 Å². The van der Waals surface area contributed by atoms with Crippen LogP contribution in [0.1, 0.15) is 28.7 Å². The Balaban J connectivity index is 1.78. The number of hydrogen-bond acceptors (Lipinski definition) is 4. The summed E-state index contributed by atoms with van der Waals surface area (Å²) in [7, 11) is -1.47. The number of guanidine groups is 1. The topological polar surface area (TPSA) is 79.8 Å². The fourth-order valence-electron chi connectivity index (χ4n) is 3.12. The van der Waals surface area contributed by atoms with E-state index >= 15 is 0 Å². The van der Waals surface area contributed by atoms with Gasteiger partial charge in [-0.2, -0.15) is 0 Å². The molecule has 29 heavy (non-hydrogen) atoms. The predicted molar refractivity (Wildman–Crippen MR) is 119 cm³/mol. The molecule has 0 amide bonds. The van der Waals surface area contributed by atoms with Crippen molar-refractivity contribution in [2.75, 3.05) is 26.5 Å². The Kier molecular flexibility index (Phi) is 8.08. The van der Waals surface area contributed by atoms with Crippen LogP contribution in [0.4, 0.5) is 0 Å². The van der Waals surface area contributed by atoms with E-state index in [1.165, 1.54) is 6.26 Å². The largest absolute Gasteiger partial charge is 0.493 e. The molecule has 7 heteroatoms. The Labute approximate surface area is 174 Å². The van der Waals surface area contributed by atoms with Crippen LogP contribution in [0, 0.1) is 20.8 Å². The summed E-state index contributed by atoms with van der Waals surface area (Å²) in [4.78, 5) is 4.59. The maximum atomic E-state index is 11.7. The van der Waals surface area contributed by atoms with Crippen molar-refractivity contribution in [3.63, 3.8) is 0 Å². The molecule has 6 nitrogen and oxygen atoms in total. The molecular formula is C22H31N3O3S. The normalized spacial score (nSPS) is 12.0. The van der Waals surface area contributed by atoms with Crippen molar-refractivity contribution in [2.45, 2.75) is 38.6 Å². The summed E-state index contributed by atoms with van der Waals surface area (Å²) in [5.74, 6) is 1.66. The summed E-state index contributed by atoms with van der Waals surface area (Å²) in [6, 6.07) is 11.5. The number of hydrogen-bond donors (Lipinski definition) is 2. The Hall–Kier alpha value is -2.54. The lowest BCUT2D eigenvalue weighted by molar-refractivity contribution is 0.307. The van der Waals surface area contributed by atoms with Gasteiger partial charge >= 0.3 is 0 Å². The summed E-state index contributed by atoms with van der Waals surface area (Å²) in [5.41, 5.74) is 4.04. The van der Waals surface area contributed by atoms with E-state index in [2.05, 4.69) is 41.6 Å². The molecule has 0 aliphatic heterocycles. The molecule has 0 atom stereocenters. The van der Waals surface area contributed by atoms with Crippen LogP contribution in [-0.2, 0) is 16.4 Å². The molecule has 0 heterocycles. The Bertz CT molecular complexity index is 949. The third kappa shape index (κ3) is 6.78. The van der Waals surface area contributed by atoms with Gasteiger partial charge in [0.25, 0.3) is 0 Å². The minimum absolute atomic E-state index is 0.368. The van der Waals surface area contributed by atoms with Crippen LogP contribution >= 0.6 is 0 Å². The van der Waals surface area contributed by atoms with Gasteiger partial charge in [0.05, 0.1) is 11.5 Å². The molecular weight excluding hydrogens is 386 g/mol. The van der Waals surface area contributed by atoms with E-state index in [0.29, 0.717) is 24.0 Å². The van der Waals surface area contributed by atoms with Crippen LogP contribution < -0.4 is 15.4 Å². The van der Waals surface area contributed by atoms with Crippen LogP contribution in [-0.4, -0.2) is 40.8 Å². The summed E-state index contributed by atoms with van der Waals surface area (Å²) >= 11 is 0. The fraction of sp³-hybridized carbons (Fsp3) is 0.409. The molecule has 0 saturated heterocycles. The summed E-state index contributed by atoms with van der Waals surface area (Å²) in [5, 5.41) is 6.52. The zero-order chi connectivity index (χ0) is 21.4. The van der Waals surface area contributed by atoms with Crippen molar-refractivity contribution in [3.8, 4) is 5.75 Å². The first kappa shape index (κ1) is 22.7. The zero-order valence-electron chi connectivity index (χ0n) is 17.9. The van der Waals surface area contributed by atoms with Crippen LogP contribution in [0.5, 0.6) is 5.75 Å². The Morgan fingerprint density at radius 1 is 1.03 bits per heavy atom. The Morgan fingerprint density at radius 3 is 2.31 bits per heavy atom. The molecule has 0 aliphatic rings. The number of aliphatic imine (C=N–C) groups is 1. The monoisotopic (exact) mass is 417 g/mol. The molecule has 2 N–H and O–H groups in total. The highest BCUT2D eigenvalue weighted by Crippen LogP contribution is 2.22. The highest BCUT2D eigenvalue weighted by Gasteiger charge is 2.11. The van der Waals surface area contributed by atoms with Crippen molar-refractivity contribution >= 4 is 15.8 Å². The summed E-state index contributed by atoms with van der Waals surface area (Å²) in [6.07, 6.45) is 2.07. The average Bonchev–Trinajstić information content (AvgIpc) is 2.65. The minimum atomic E-state index is -3.20. The van der Waals surface area contributed by atoms with Gasteiger partial charge in [0.15, 0.2) is 15.8 Å². The van der Waals surface area contributed by atoms with Crippen LogP contribution in [0.25, 0.3) is 0 Å². The highest BCUT2D eigenvalue weighted by atomic mass is 32.2. The second kappa shape index (κ2) is 10.3. The maximum absolute atomic E-state index is 11.7. The minimum Gasteiger partial charge on any atom is -0.493 e. The van der Waals surface area contributed by atoms with E-state index in [9.17, 15) is 8.42 Å². The molecule has 0 radical (unpaired) electrons.